The zero-order valence-electron chi connectivity index (χ0n) is 11.1. The summed E-state index contributed by atoms with van der Waals surface area (Å²) >= 11 is 0. The zero-order chi connectivity index (χ0) is 13.7. The highest BCUT2D eigenvalue weighted by molar-refractivity contribution is 5.81. The van der Waals surface area contributed by atoms with Gasteiger partial charge in [-0.3, -0.25) is 4.79 Å². The number of methoxy groups -OCH3 is 1. The fourth-order valence-corrected chi connectivity index (χ4v) is 2.12. The first-order valence-electron chi connectivity index (χ1n) is 6.56. The van der Waals surface area contributed by atoms with Crippen LogP contribution in [0.1, 0.15) is 24.8 Å². The molecule has 1 heterocycles. The average molecular weight is 264 g/mol. The Balaban J connectivity index is 2.18. The molecular formula is C14H20N2O3. The van der Waals surface area contributed by atoms with E-state index < -0.39 is 6.10 Å². The minimum absolute atomic E-state index is 0.0577. The van der Waals surface area contributed by atoms with Crippen molar-refractivity contribution in [1.82, 2.24) is 5.32 Å². The van der Waals surface area contributed by atoms with Gasteiger partial charge in [0.2, 0.25) is 0 Å². The van der Waals surface area contributed by atoms with E-state index in [0.717, 1.165) is 31.4 Å². The molecule has 1 unspecified atom stereocenters. The molecule has 1 aliphatic rings. The van der Waals surface area contributed by atoms with Crippen molar-refractivity contribution in [3.05, 3.63) is 23.8 Å². The minimum Gasteiger partial charge on any atom is -0.493 e. The molecule has 0 radical (unpaired) electrons. The Morgan fingerprint density at radius 3 is 2.95 bits per heavy atom. The summed E-state index contributed by atoms with van der Waals surface area (Å²) in [7, 11) is 1.58. The van der Waals surface area contributed by atoms with Crippen LogP contribution < -0.4 is 20.5 Å². The molecule has 3 N–H and O–H groups in total. The number of carbonyl (C=O) groups excluding carboxylic acids is 1. The predicted molar refractivity (Wildman–Crippen MR) is 72.2 cm³/mol. The van der Waals surface area contributed by atoms with Gasteiger partial charge in [0.05, 0.1) is 7.11 Å². The predicted octanol–water partition coefficient (Wildman–Crippen LogP) is 1.20. The summed E-state index contributed by atoms with van der Waals surface area (Å²) in [4.78, 5) is 11.9. The monoisotopic (exact) mass is 264 g/mol. The van der Waals surface area contributed by atoms with Gasteiger partial charge in [0.25, 0.3) is 5.91 Å². The zero-order valence-corrected chi connectivity index (χ0v) is 11.1. The number of amides is 1. The van der Waals surface area contributed by atoms with Crippen LogP contribution in [0.5, 0.6) is 11.5 Å². The van der Waals surface area contributed by atoms with E-state index in [1.165, 1.54) is 0 Å². The molecule has 0 saturated carbocycles. The third-order valence-corrected chi connectivity index (χ3v) is 3.22. The number of nitrogens with one attached hydrogen (secondary N) is 1. The number of nitrogens with two attached hydrogens (primary N) is 1. The first-order valence-corrected chi connectivity index (χ1v) is 6.56. The van der Waals surface area contributed by atoms with Gasteiger partial charge in [-0.05, 0) is 37.0 Å². The molecule has 0 aliphatic carbocycles. The van der Waals surface area contributed by atoms with E-state index in [-0.39, 0.29) is 5.91 Å². The second kappa shape index (κ2) is 6.43. The SMILES string of the molecule is COc1ccc(CN)cc1OC1CCCCNC1=O. The van der Waals surface area contributed by atoms with Crippen LogP contribution in [0, 0.1) is 0 Å². The van der Waals surface area contributed by atoms with Gasteiger partial charge in [-0.1, -0.05) is 6.07 Å². The topological polar surface area (TPSA) is 73.6 Å². The highest BCUT2D eigenvalue weighted by Gasteiger charge is 2.23. The van der Waals surface area contributed by atoms with Gasteiger partial charge in [-0.15, -0.1) is 0 Å². The Bertz CT molecular complexity index is 448. The molecule has 5 nitrogen and oxygen atoms in total. The third-order valence-electron chi connectivity index (χ3n) is 3.22. The number of benzene rings is 1. The van der Waals surface area contributed by atoms with Crippen molar-refractivity contribution in [2.45, 2.75) is 31.9 Å². The van der Waals surface area contributed by atoms with Crippen molar-refractivity contribution in [3.8, 4) is 11.5 Å². The van der Waals surface area contributed by atoms with Crippen LogP contribution in [-0.4, -0.2) is 25.7 Å². The molecule has 1 fully saturated rings. The summed E-state index contributed by atoms with van der Waals surface area (Å²) in [5.41, 5.74) is 6.57. The number of hydrogen-bond donors (Lipinski definition) is 2. The van der Waals surface area contributed by atoms with Crippen molar-refractivity contribution < 1.29 is 14.3 Å². The molecular weight excluding hydrogens is 244 g/mol. The third kappa shape index (κ3) is 3.38. The summed E-state index contributed by atoms with van der Waals surface area (Å²) in [5.74, 6) is 1.14. The Labute approximate surface area is 113 Å². The lowest BCUT2D eigenvalue weighted by Gasteiger charge is -2.18. The average Bonchev–Trinajstić information content (AvgIpc) is 2.64. The Morgan fingerprint density at radius 1 is 1.37 bits per heavy atom. The van der Waals surface area contributed by atoms with Crippen LogP contribution >= 0.6 is 0 Å². The summed E-state index contributed by atoms with van der Waals surface area (Å²) in [6.07, 6.45) is 2.24. The molecule has 19 heavy (non-hydrogen) atoms. The summed E-state index contributed by atoms with van der Waals surface area (Å²) in [5, 5.41) is 2.85. The smallest absolute Gasteiger partial charge is 0.261 e. The van der Waals surface area contributed by atoms with Gasteiger partial charge in [0.1, 0.15) is 0 Å². The van der Waals surface area contributed by atoms with E-state index in [2.05, 4.69) is 5.32 Å². The normalized spacial score (nSPS) is 19.5. The molecule has 2 rings (SSSR count). The van der Waals surface area contributed by atoms with Gasteiger partial charge in [-0.25, -0.2) is 0 Å². The Hall–Kier alpha value is -1.75. The van der Waals surface area contributed by atoms with Crippen molar-refractivity contribution in [3.63, 3.8) is 0 Å². The Morgan fingerprint density at radius 2 is 2.21 bits per heavy atom. The fourth-order valence-electron chi connectivity index (χ4n) is 2.12. The van der Waals surface area contributed by atoms with Crippen molar-refractivity contribution >= 4 is 5.91 Å². The second-order valence-electron chi connectivity index (χ2n) is 4.58. The van der Waals surface area contributed by atoms with E-state index in [1.807, 2.05) is 18.2 Å². The molecule has 1 aliphatic heterocycles. The lowest BCUT2D eigenvalue weighted by molar-refractivity contribution is -0.127. The van der Waals surface area contributed by atoms with Crippen LogP contribution in [0.3, 0.4) is 0 Å². The minimum atomic E-state index is -0.454. The second-order valence-corrected chi connectivity index (χ2v) is 4.58. The molecule has 1 atom stereocenters. The maximum absolute atomic E-state index is 11.9. The Kier molecular flexibility index (Phi) is 4.63. The summed E-state index contributed by atoms with van der Waals surface area (Å²) < 4.78 is 11.1. The first kappa shape index (κ1) is 13.7. The van der Waals surface area contributed by atoms with E-state index >= 15 is 0 Å². The molecule has 1 amide bonds. The number of rotatable bonds is 4. The van der Waals surface area contributed by atoms with Crippen molar-refractivity contribution in [2.75, 3.05) is 13.7 Å². The van der Waals surface area contributed by atoms with E-state index in [0.29, 0.717) is 18.0 Å². The molecule has 104 valence electrons. The molecule has 0 spiro atoms. The number of carbonyl (C=O) groups is 1. The van der Waals surface area contributed by atoms with Gasteiger partial charge >= 0.3 is 0 Å². The first-order chi connectivity index (χ1) is 9.24. The van der Waals surface area contributed by atoms with E-state index in [1.54, 1.807) is 7.11 Å². The van der Waals surface area contributed by atoms with E-state index in [4.69, 9.17) is 15.2 Å². The summed E-state index contributed by atoms with van der Waals surface area (Å²) in [6, 6.07) is 5.53. The summed E-state index contributed by atoms with van der Waals surface area (Å²) in [6.45, 7) is 1.15. The largest absolute Gasteiger partial charge is 0.493 e. The fraction of sp³-hybridized carbons (Fsp3) is 0.500. The van der Waals surface area contributed by atoms with Gasteiger partial charge in [-0.2, -0.15) is 0 Å². The quantitative estimate of drug-likeness (QED) is 0.857. The van der Waals surface area contributed by atoms with Crippen molar-refractivity contribution in [1.29, 1.82) is 0 Å². The highest BCUT2D eigenvalue weighted by Crippen LogP contribution is 2.29. The van der Waals surface area contributed by atoms with Crippen molar-refractivity contribution in [2.24, 2.45) is 5.73 Å². The molecule has 1 saturated heterocycles. The standard InChI is InChI=1S/C14H20N2O3/c1-18-11-6-5-10(9-15)8-13(11)19-12-4-2-3-7-16-14(12)17/h5-6,8,12H,2-4,7,9,15H2,1H3,(H,16,17). The van der Waals surface area contributed by atoms with Gasteiger partial charge in [0, 0.05) is 13.1 Å². The highest BCUT2D eigenvalue weighted by atomic mass is 16.5. The van der Waals surface area contributed by atoms with Crippen LogP contribution in [0.4, 0.5) is 0 Å². The van der Waals surface area contributed by atoms with Crippen LogP contribution in [0.15, 0.2) is 18.2 Å². The molecule has 0 bridgehead atoms. The maximum atomic E-state index is 11.9. The van der Waals surface area contributed by atoms with Crippen LogP contribution in [0.25, 0.3) is 0 Å². The lowest BCUT2D eigenvalue weighted by atomic mass is 10.1. The number of ether oxygens (including phenoxy) is 2. The lowest BCUT2D eigenvalue weighted by Crippen LogP contribution is -2.36. The number of hydrogen-bond acceptors (Lipinski definition) is 4. The van der Waals surface area contributed by atoms with Crippen LogP contribution in [0.2, 0.25) is 0 Å². The van der Waals surface area contributed by atoms with Gasteiger partial charge < -0.3 is 20.5 Å². The molecule has 1 aromatic carbocycles. The molecule has 5 heteroatoms. The maximum Gasteiger partial charge on any atom is 0.261 e. The molecule has 1 aromatic rings. The van der Waals surface area contributed by atoms with E-state index in [9.17, 15) is 4.79 Å². The van der Waals surface area contributed by atoms with Gasteiger partial charge in [0.15, 0.2) is 17.6 Å². The van der Waals surface area contributed by atoms with Crippen LogP contribution in [-0.2, 0) is 11.3 Å². The molecule has 0 aromatic heterocycles.